The van der Waals surface area contributed by atoms with Crippen LogP contribution in [0.4, 0.5) is 10.2 Å². The minimum absolute atomic E-state index is 0.0957. The van der Waals surface area contributed by atoms with E-state index in [9.17, 15) is 4.39 Å². The lowest BCUT2D eigenvalue weighted by Gasteiger charge is -2.07. The molecule has 0 aliphatic carbocycles. The van der Waals surface area contributed by atoms with Gasteiger partial charge in [0.15, 0.2) is 5.82 Å². The second-order valence-electron chi connectivity index (χ2n) is 3.88. The smallest absolute Gasteiger partial charge is 0.161 e. The number of aromatic nitrogens is 2. The maximum Gasteiger partial charge on any atom is 0.161 e. The summed E-state index contributed by atoms with van der Waals surface area (Å²) in [6.45, 7) is 4.63. The highest BCUT2D eigenvalue weighted by molar-refractivity contribution is 6.30. The topological polar surface area (TPSA) is 37.8 Å². The molecule has 1 aromatic heterocycles. The third-order valence-electron chi connectivity index (χ3n) is 2.39. The summed E-state index contributed by atoms with van der Waals surface area (Å²) in [5, 5.41) is 3.21. The summed E-state index contributed by atoms with van der Waals surface area (Å²) in [7, 11) is 0. The number of rotatable bonds is 3. The number of anilines is 1. The zero-order chi connectivity index (χ0) is 13.1. The Kier molecular flexibility index (Phi) is 3.77. The molecule has 2 aromatic rings. The Balaban J connectivity index is 2.46. The van der Waals surface area contributed by atoms with E-state index >= 15 is 0 Å². The van der Waals surface area contributed by atoms with Gasteiger partial charge in [0.05, 0.1) is 5.02 Å². The Bertz CT molecular complexity index is 572. The van der Waals surface area contributed by atoms with E-state index in [0.29, 0.717) is 11.4 Å². The zero-order valence-corrected chi connectivity index (χ0v) is 10.9. The molecule has 0 saturated heterocycles. The summed E-state index contributed by atoms with van der Waals surface area (Å²) < 4.78 is 13.4. The molecule has 18 heavy (non-hydrogen) atoms. The van der Waals surface area contributed by atoms with E-state index in [1.165, 1.54) is 12.1 Å². The predicted molar refractivity (Wildman–Crippen MR) is 71.3 cm³/mol. The average molecular weight is 266 g/mol. The lowest BCUT2D eigenvalue weighted by atomic mass is 10.2. The Morgan fingerprint density at radius 2 is 2.06 bits per heavy atom. The first-order chi connectivity index (χ1) is 8.60. The first-order valence-corrected chi connectivity index (χ1v) is 6.03. The van der Waals surface area contributed by atoms with Crippen LogP contribution in [-0.2, 0) is 0 Å². The zero-order valence-electron chi connectivity index (χ0n) is 10.2. The van der Waals surface area contributed by atoms with E-state index in [-0.39, 0.29) is 5.02 Å². The second kappa shape index (κ2) is 5.31. The number of benzene rings is 1. The van der Waals surface area contributed by atoms with E-state index in [0.717, 1.165) is 18.1 Å². The molecule has 2 rings (SSSR count). The second-order valence-corrected chi connectivity index (χ2v) is 4.28. The summed E-state index contributed by atoms with van der Waals surface area (Å²) in [4.78, 5) is 8.63. The average Bonchev–Trinajstić information content (AvgIpc) is 2.32. The van der Waals surface area contributed by atoms with Crippen molar-refractivity contribution in [3.63, 3.8) is 0 Å². The van der Waals surface area contributed by atoms with Crippen molar-refractivity contribution in [2.45, 2.75) is 13.8 Å². The summed E-state index contributed by atoms with van der Waals surface area (Å²) >= 11 is 5.65. The number of nitrogens with zero attached hydrogens (tertiary/aromatic N) is 2. The van der Waals surface area contributed by atoms with Gasteiger partial charge >= 0.3 is 0 Å². The Morgan fingerprint density at radius 3 is 2.72 bits per heavy atom. The largest absolute Gasteiger partial charge is 0.370 e. The van der Waals surface area contributed by atoms with Crippen molar-refractivity contribution in [1.29, 1.82) is 0 Å². The third-order valence-corrected chi connectivity index (χ3v) is 2.70. The van der Waals surface area contributed by atoms with Crippen LogP contribution in [0.15, 0.2) is 24.3 Å². The fourth-order valence-corrected chi connectivity index (χ4v) is 1.72. The highest BCUT2D eigenvalue weighted by Crippen LogP contribution is 2.23. The molecule has 0 spiro atoms. The number of aryl methyl sites for hydroxylation is 1. The van der Waals surface area contributed by atoms with Crippen molar-refractivity contribution in [3.8, 4) is 11.4 Å². The molecule has 0 fully saturated rings. The summed E-state index contributed by atoms with van der Waals surface area (Å²) in [6.07, 6.45) is 0. The summed E-state index contributed by atoms with van der Waals surface area (Å²) in [5.74, 6) is 0.751. The van der Waals surface area contributed by atoms with Crippen LogP contribution in [0.3, 0.4) is 0 Å². The standard InChI is InChI=1S/C13H13ClFN3/c1-3-16-12-6-8(2)17-13(18-12)9-4-5-10(14)11(15)7-9/h4-7H,3H2,1-2H3,(H,16,17,18). The molecular weight excluding hydrogens is 253 g/mol. The minimum atomic E-state index is -0.468. The molecule has 0 aliphatic heterocycles. The lowest BCUT2D eigenvalue weighted by molar-refractivity contribution is 0.628. The van der Waals surface area contributed by atoms with Crippen LogP contribution in [0.1, 0.15) is 12.6 Å². The van der Waals surface area contributed by atoms with Gasteiger partial charge in [-0.25, -0.2) is 14.4 Å². The quantitative estimate of drug-likeness (QED) is 0.920. The monoisotopic (exact) mass is 265 g/mol. The van der Waals surface area contributed by atoms with Crippen molar-refractivity contribution >= 4 is 17.4 Å². The van der Waals surface area contributed by atoms with Crippen LogP contribution in [0.25, 0.3) is 11.4 Å². The first-order valence-electron chi connectivity index (χ1n) is 5.65. The molecule has 1 N–H and O–H groups in total. The normalized spacial score (nSPS) is 10.4. The Labute approximate surface area is 110 Å². The molecule has 3 nitrogen and oxygen atoms in total. The van der Waals surface area contributed by atoms with Gasteiger partial charge in [-0.3, -0.25) is 0 Å². The van der Waals surface area contributed by atoms with Gasteiger partial charge in [-0.05, 0) is 32.0 Å². The number of hydrogen-bond acceptors (Lipinski definition) is 3. The van der Waals surface area contributed by atoms with Crippen molar-refractivity contribution in [1.82, 2.24) is 9.97 Å². The molecule has 1 aromatic carbocycles. The van der Waals surface area contributed by atoms with Crippen LogP contribution in [0.5, 0.6) is 0 Å². The van der Waals surface area contributed by atoms with Crippen molar-refractivity contribution in [3.05, 3.63) is 40.8 Å². The van der Waals surface area contributed by atoms with Gasteiger partial charge in [0.1, 0.15) is 11.6 Å². The van der Waals surface area contributed by atoms with Crippen molar-refractivity contribution in [2.75, 3.05) is 11.9 Å². The van der Waals surface area contributed by atoms with Crippen molar-refractivity contribution in [2.24, 2.45) is 0 Å². The van der Waals surface area contributed by atoms with Crippen LogP contribution in [0.2, 0.25) is 5.02 Å². The maximum absolute atomic E-state index is 13.4. The van der Waals surface area contributed by atoms with E-state index in [1.807, 2.05) is 19.9 Å². The van der Waals surface area contributed by atoms with Crippen LogP contribution >= 0.6 is 11.6 Å². The summed E-state index contributed by atoms with van der Waals surface area (Å²) in [6, 6.07) is 6.40. The fraction of sp³-hybridized carbons (Fsp3) is 0.231. The number of nitrogens with one attached hydrogen (secondary N) is 1. The van der Waals surface area contributed by atoms with E-state index in [1.54, 1.807) is 6.07 Å². The number of hydrogen-bond donors (Lipinski definition) is 1. The molecule has 0 atom stereocenters. The van der Waals surface area contributed by atoms with Crippen molar-refractivity contribution < 1.29 is 4.39 Å². The first kappa shape index (κ1) is 12.8. The molecular formula is C13H13ClFN3. The van der Waals surface area contributed by atoms with Gasteiger partial charge in [0.2, 0.25) is 0 Å². The van der Waals surface area contributed by atoms with E-state index in [4.69, 9.17) is 11.6 Å². The Morgan fingerprint density at radius 1 is 1.28 bits per heavy atom. The SMILES string of the molecule is CCNc1cc(C)nc(-c2ccc(Cl)c(F)c2)n1. The molecule has 0 aliphatic rings. The van der Waals surface area contributed by atoms with Gasteiger partial charge < -0.3 is 5.32 Å². The maximum atomic E-state index is 13.4. The summed E-state index contributed by atoms with van der Waals surface area (Å²) in [5.41, 5.74) is 1.44. The van der Waals surface area contributed by atoms with E-state index in [2.05, 4.69) is 15.3 Å². The number of halogens is 2. The fourth-order valence-electron chi connectivity index (χ4n) is 1.60. The molecule has 94 valence electrons. The van der Waals surface area contributed by atoms with Gasteiger partial charge in [0, 0.05) is 23.9 Å². The Hall–Kier alpha value is -1.68. The van der Waals surface area contributed by atoms with Gasteiger partial charge in [0.25, 0.3) is 0 Å². The minimum Gasteiger partial charge on any atom is -0.370 e. The van der Waals surface area contributed by atoms with Crippen LogP contribution in [-0.4, -0.2) is 16.5 Å². The molecule has 0 saturated carbocycles. The molecule has 0 amide bonds. The van der Waals surface area contributed by atoms with Crippen LogP contribution < -0.4 is 5.32 Å². The third kappa shape index (κ3) is 2.76. The highest BCUT2D eigenvalue weighted by atomic mass is 35.5. The van der Waals surface area contributed by atoms with Gasteiger partial charge in [-0.2, -0.15) is 0 Å². The molecule has 1 heterocycles. The molecule has 0 unspecified atom stereocenters. The highest BCUT2D eigenvalue weighted by Gasteiger charge is 2.07. The predicted octanol–water partition coefficient (Wildman–Crippen LogP) is 3.68. The molecule has 5 heteroatoms. The van der Waals surface area contributed by atoms with Gasteiger partial charge in [-0.15, -0.1) is 0 Å². The lowest BCUT2D eigenvalue weighted by Crippen LogP contribution is -2.02. The van der Waals surface area contributed by atoms with Gasteiger partial charge in [-0.1, -0.05) is 11.6 Å². The molecule has 0 bridgehead atoms. The van der Waals surface area contributed by atoms with Crippen LogP contribution in [0, 0.1) is 12.7 Å². The molecule has 0 radical (unpaired) electrons. The van der Waals surface area contributed by atoms with E-state index < -0.39 is 5.82 Å².